The summed E-state index contributed by atoms with van der Waals surface area (Å²) in [6.45, 7) is 0. The molecule has 0 aromatic heterocycles. The van der Waals surface area contributed by atoms with Gasteiger partial charge in [0, 0.05) is 12.5 Å². The normalized spacial score (nSPS) is 18.6. The number of hydrogen-bond donors (Lipinski definition) is 0. The maximum atomic E-state index is 11.9. The van der Waals surface area contributed by atoms with Crippen molar-refractivity contribution in [2.24, 2.45) is 0 Å². The molecule has 6 nitrogen and oxygen atoms in total. The van der Waals surface area contributed by atoms with Crippen LogP contribution in [0.5, 0.6) is 0 Å². The Bertz CT molecular complexity index is 572. The van der Waals surface area contributed by atoms with Crippen LogP contribution in [0.4, 0.5) is 5.69 Å². The lowest BCUT2D eigenvalue weighted by molar-refractivity contribution is -0.384. The van der Waals surface area contributed by atoms with E-state index in [9.17, 15) is 19.7 Å². The molecule has 1 aromatic rings. The smallest absolute Gasteiger partial charge is 0.339 e. The molecule has 0 saturated heterocycles. The number of ether oxygens (including phenoxy) is 1. The fourth-order valence-corrected chi connectivity index (χ4v) is 2.24. The highest BCUT2D eigenvalue weighted by molar-refractivity contribution is 6.32. The first kappa shape index (κ1) is 14.5. The van der Waals surface area contributed by atoms with Gasteiger partial charge >= 0.3 is 5.97 Å². The van der Waals surface area contributed by atoms with E-state index in [0.717, 1.165) is 18.9 Å². The first-order valence-corrected chi connectivity index (χ1v) is 6.54. The van der Waals surface area contributed by atoms with Crippen LogP contribution in [0.2, 0.25) is 5.02 Å². The van der Waals surface area contributed by atoms with Gasteiger partial charge in [-0.2, -0.15) is 0 Å². The van der Waals surface area contributed by atoms with Crippen molar-refractivity contribution in [3.05, 3.63) is 38.9 Å². The van der Waals surface area contributed by atoms with Crippen molar-refractivity contribution < 1.29 is 19.2 Å². The Balaban J connectivity index is 2.15. The van der Waals surface area contributed by atoms with E-state index in [2.05, 4.69) is 0 Å². The third-order valence-electron chi connectivity index (χ3n) is 3.13. The summed E-state index contributed by atoms with van der Waals surface area (Å²) in [4.78, 5) is 33.6. The Labute approximate surface area is 119 Å². The van der Waals surface area contributed by atoms with Gasteiger partial charge in [0.1, 0.15) is 5.02 Å². The average Bonchev–Trinajstić information content (AvgIpc) is 2.41. The van der Waals surface area contributed by atoms with E-state index in [0.29, 0.717) is 12.8 Å². The molecule has 0 heterocycles. The Kier molecular flexibility index (Phi) is 4.34. The number of nitro benzene ring substituents is 1. The number of rotatable bonds is 3. The molecular weight excluding hydrogens is 286 g/mol. The second kappa shape index (κ2) is 6.00. The molecule has 0 spiro atoms. The molecule has 0 radical (unpaired) electrons. The molecular formula is C13H12ClNO5. The predicted octanol–water partition coefficient (Wildman–Crippen LogP) is 2.92. The summed E-state index contributed by atoms with van der Waals surface area (Å²) >= 11 is 5.66. The molecule has 0 aliphatic heterocycles. The summed E-state index contributed by atoms with van der Waals surface area (Å²) in [5.41, 5.74) is -0.351. The lowest BCUT2D eigenvalue weighted by Crippen LogP contribution is -2.30. The van der Waals surface area contributed by atoms with E-state index in [1.807, 2.05) is 0 Å². The van der Waals surface area contributed by atoms with Crippen LogP contribution in [-0.2, 0) is 9.53 Å². The zero-order valence-electron chi connectivity index (χ0n) is 10.5. The predicted molar refractivity (Wildman–Crippen MR) is 70.8 cm³/mol. The summed E-state index contributed by atoms with van der Waals surface area (Å²) in [6.07, 6.45) is 1.79. The Hall–Kier alpha value is -1.95. The summed E-state index contributed by atoms with van der Waals surface area (Å²) < 4.78 is 5.11. The number of benzene rings is 1. The molecule has 1 fully saturated rings. The van der Waals surface area contributed by atoms with Crippen molar-refractivity contribution in [3.8, 4) is 0 Å². The van der Waals surface area contributed by atoms with Gasteiger partial charge in [0.15, 0.2) is 11.9 Å². The molecule has 1 atom stereocenters. The van der Waals surface area contributed by atoms with E-state index in [1.54, 1.807) is 0 Å². The minimum atomic E-state index is -0.745. The van der Waals surface area contributed by atoms with Crippen molar-refractivity contribution in [1.29, 1.82) is 0 Å². The van der Waals surface area contributed by atoms with Gasteiger partial charge in [-0.25, -0.2) is 4.79 Å². The maximum Gasteiger partial charge on any atom is 0.339 e. The minimum Gasteiger partial charge on any atom is -0.451 e. The Morgan fingerprint density at radius 3 is 2.80 bits per heavy atom. The minimum absolute atomic E-state index is 0.0134. The maximum absolute atomic E-state index is 11.9. The van der Waals surface area contributed by atoms with E-state index in [1.165, 1.54) is 12.1 Å². The van der Waals surface area contributed by atoms with Gasteiger partial charge in [-0.3, -0.25) is 14.9 Å². The van der Waals surface area contributed by atoms with Crippen LogP contribution in [0.1, 0.15) is 36.0 Å². The van der Waals surface area contributed by atoms with Crippen LogP contribution in [0.15, 0.2) is 18.2 Å². The molecule has 0 amide bonds. The fourth-order valence-electron chi connectivity index (χ4n) is 2.05. The second-order valence-electron chi connectivity index (χ2n) is 4.53. The number of esters is 1. The number of nitrogens with zero attached hydrogens (tertiary/aromatic N) is 1. The van der Waals surface area contributed by atoms with Gasteiger partial charge in [0.05, 0.1) is 10.5 Å². The van der Waals surface area contributed by atoms with Gasteiger partial charge in [-0.1, -0.05) is 11.6 Å². The van der Waals surface area contributed by atoms with Crippen LogP contribution in [-0.4, -0.2) is 22.8 Å². The summed E-state index contributed by atoms with van der Waals surface area (Å²) in [7, 11) is 0. The molecule has 0 N–H and O–H groups in total. The number of hydrogen-bond acceptors (Lipinski definition) is 5. The molecule has 7 heteroatoms. The molecule has 106 valence electrons. The fraction of sp³-hybridized carbons (Fsp3) is 0.385. The third kappa shape index (κ3) is 3.14. The number of ketones is 1. The van der Waals surface area contributed by atoms with Gasteiger partial charge in [0.25, 0.3) is 5.69 Å². The number of Topliss-reactive ketones (excluding diaryl/α,β-unsaturated/α-hetero) is 1. The zero-order valence-corrected chi connectivity index (χ0v) is 11.3. The number of nitro groups is 1. The van der Waals surface area contributed by atoms with Crippen LogP contribution >= 0.6 is 11.6 Å². The van der Waals surface area contributed by atoms with Crippen LogP contribution in [0.25, 0.3) is 0 Å². The van der Waals surface area contributed by atoms with Gasteiger partial charge in [-0.05, 0) is 31.4 Å². The van der Waals surface area contributed by atoms with Gasteiger partial charge < -0.3 is 4.74 Å². The zero-order chi connectivity index (χ0) is 14.7. The van der Waals surface area contributed by atoms with Crippen LogP contribution in [0.3, 0.4) is 0 Å². The topological polar surface area (TPSA) is 86.5 Å². The summed E-state index contributed by atoms with van der Waals surface area (Å²) in [5.74, 6) is -0.849. The largest absolute Gasteiger partial charge is 0.451 e. The lowest BCUT2D eigenvalue weighted by Gasteiger charge is -2.20. The first-order valence-electron chi connectivity index (χ1n) is 6.16. The molecule has 1 aromatic carbocycles. The molecule has 0 unspecified atom stereocenters. The van der Waals surface area contributed by atoms with Crippen molar-refractivity contribution in [2.75, 3.05) is 0 Å². The second-order valence-corrected chi connectivity index (χ2v) is 4.94. The number of carbonyl (C=O) groups is 2. The molecule has 1 aliphatic rings. The molecule has 20 heavy (non-hydrogen) atoms. The molecule has 2 rings (SSSR count). The summed E-state index contributed by atoms with van der Waals surface area (Å²) in [5, 5.41) is 10.7. The van der Waals surface area contributed by atoms with E-state index < -0.39 is 17.0 Å². The molecule has 1 saturated carbocycles. The quantitative estimate of drug-likeness (QED) is 0.486. The van der Waals surface area contributed by atoms with Crippen molar-refractivity contribution >= 4 is 29.0 Å². The van der Waals surface area contributed by atoms with Crippen LogP contribution in [0, 0.1) is 10.1 Å². The van der Waals surface area contributed by atoms with E-state index >= 15 is 0 Å². The van der Waals surface area contributed by atoms with Gasteiger partial charge in [-0.15, -0.1) is 0 Å². The van der Waals surface area contributed by atoms with Crippen molar-refractivity contribution in [2.45, 2.75) is 31.8 Å². The summed E-state index contributed by atoms with van der Waals surface area (Å²) in [6, 6.07) is 3.65. The Morgan fingerprint density at radius 2 is 2.15 bits per heavy atom. The molecule has 1 aliphatic carbocycles. The highest BCUT2D eigenvalue weighted by Gasteiger charge is 2.27. The van der Waals surface area contributed by atoms with Crippen molar-refractivity contribution in [3.63, 3.8) is 0 Å². The molecule has 0 bridgehead atoms. The number of carbonyl (C=O) groups excluding carboxylic acids is 2. The van der Waals surface area contributed by atoms with E-state index in [4.69, 9.17) is 16.3 Å². The van der Waals surface area contributed by atoms with E-state index in [-0.39, 0.29) is 22.1 Å². The monoisotopic (exact) mass is 297 g/mol. The highest BCUT2D eigenvalue weighted by atomic mass is 35.5. The average molecular weight is 298 g/mol. The van der Waals surface area contributed by atoms with Gasteiger partial charge in [0.2, 0.25) is 0 Å². The number of halogens is 1. The first-order chi connectivity index (χ1) is 9.49. The standard InChI is InChI=1S/C13H12ClNO5/c14-9-6-5-8(7-10(9)15(18)19)13(17)20-12-4-2-1-3-11(12)16/h5-7,12H,1-4H2/t12-/m1/s1. The lowest BCUT2D eigenvalue weighted by atomic mass is 9.96. The third-order valence-corrected chi connectivity index (χ3v) is 3.45. The van der Waals surface area contributed by atoms with Crippen molar-refractivity contribution in [1.82, 2.24) is 0 Å². The van der Waals surface area contributed by atoms with Crippen LogP contribution < -0.4 is 0 Å². The Morgan fingerprint density at radius 1 is 1.40 bits per heavy atom. The SMILES string of the molecule is O=C(O[C@@H]1CCCCC1=O)c1ccc(Cl)c([N+](=O)[O-])c1. The highest BCUT2D eigenvalue weighted by Crippen LogP contribution is 2.26.